The van der Waals surface area contributed by atoms with Crippen molar-refractivity contribution in [2.45, 2.75) is 18.9 Å². The van der Waals surface area contributed by atoms with Crippen LogP contribution in [-0.2, 0) is 6.61 Å². The highest BCUT2D eigenvalue weighted by Crippen LogP contribution is 2.20. The van der Waals surface area contributed by atoms with Crippen LogP contribution in [0.1, 0.15) is 24.1 Å². The third kappa shape index (κ3) is 2.90. The predicted octanol–water partition coefficient (Wildman–Crippen LogP) is 1.86. The molecule has 6 heteroatoms. The zero-order chi connectivity index (χ0) is 13.1. The predicted molar refractivity (Wildman–Crippen MR) is 65.3 cm³/mol. The number of hydrogen-bond acceptors (Lipinski definition) is 5. The van der Waals surface area contributed by atoms with E-state index in [4.69, 9.17) is 9.26 Å². The Balaban J connectivity index is 1.61. The summed E-state index contributed by atoms with van der Waals surface area (Å²) in [6.45, 7) is 2.02. The average Bonchev–Trinajstić information content (AvgIpc) is 3.07. The molecule has 1 atom stereocenters. The van der Waals surface area contributed by atoms with Gasteiger partial charge in [0.25, 0.3) is 0 Å². The SMILES string of the molecule is Fc1cccc(OCc2noc(C3CCNC3)n2)c1. The molecule has 1 aromatic carbocycles. The van der Waals surface area contributed by atoms with Gasteiger partial charge in [-0.25, -0.2) is 4.39 Å². The van der Waals surface area contributed by atoms with E-state index in [1.54, 1.807) is 12.1 Å². The molecule has 2 aromatic rings. The van der Waals surface area contributed by atoms with Crippen LogP contribution in [-0.4, -0.2) is 23.2 Å². The number of nitrogens with one attached hydrogen (secondary N) is 1. The fourth-order valence-electron chi connectivity index (χ4n) is 2.06. The molecule has 5 nitrogen and oxygen atoms in total. The summed E-state index contributed by atoms with van der Waals surface area (Å²) in [6, 6.07) is 5.97. The monoisotopic (exact) mass is 263 g/mol. The number of hydrogen-bond donors (Lipinski definition) is 1. The highest BCUT2D eigenvalue weighted by atomic mass is 19.1. The van der Waals surface area contributed by atoms with Gasteiger partial charge in [-0.2, -0.15) is 4.98 Å². The fourth-order valence-corrected chi connectivity index (χ4v) is 2.06. The largest absolute Gasteiger partial charge is 0.485 e. The highest BCUT2D eigenvalue weighted by Gasteiger charge is 2.22. The summed E-state index contributed by atoms with van der Waals surface area (Å²) in [5.74, 6) is 1.53. The fraction of sp³-hybridized carbons (Fsp3) is 0.385. The van der Waals surface area contributed by atoms with Crippen molar-refractivity contribution >= 4 is 0 Å². The van der Waals surface area contributed by atoms with Gasteiger partial charge in [-0.15, -0.1) is 0 Å². The number of aromatic nitrogens is 2. The summed E-state index contributed by atoms with van der Waals surface area (Å²) in [7, 11) is 0. The second kappa shape index (κ2) is 5.36. The minimum atomic E-state index is -0.330. The Morgan fingerprint density at radius 1 is 1.47 bits per heavy atom. The van der Waals surface area contributed by atoms with Gasteiger partial charge >= 0.3 is 0 Å². The van der Waals surface area contributed by atoms with E-state index in [2.05, 4.69) is 15.5 Å². The van der Waals surface area contributed by atoms with Gasteiger partial charge in [0.05, 0.1) is 5.92 Å². The topological polar surface area (TPSA) is 60.2 Å². The van der Waals surface area contributed by atoms with Crippen LogP contribution in [0.25, 0.3) is 0 Å². The maximum absolute atomic E-state index is 13.0. The van der Waals surface area contributed by atoms with Gasteiger partial charge in [-0.1, -0.05) is 11.2 Å². The van der Waals surface area contributed by atoms with Gasteiger partial charge in [0.15, 0.2) is 6.61 Å². The van der Waals surface area contributed by atoms with Crippen molar-refractivity contribution in [3.63, 3.8) is 0 Å². The number of benzene rings is 1. The van der Waals surface area contributed by atoms with Crippen LogP contribution >= 0.6 is 0 Å². The van der Waals surface area contributed by atoms with Crippen molar-refractivity contribution in [2.75, 3.05) is 13.1 Å². The normalized spacial score (nSPS) is 18.7. The van der Waals surface area contributed by atoms with Gasteiger partial charge in [-0.3, -0.25) is 0 Å². The molecule has 0 radical (unpaired) electrons. The zero-order valence-electron chi connectivity index (χ0n) is 10.3. The van der Waals surface area contributed by atoms with Crippen molar-refractivity contribution in [1.82, 2.24) is 15.5 Å². The Hall–Kier alpha value is -1.95. The van der Waals surface area contributed by atoms with Crippen molar-refractivity contribution in [3.8, 4) is 5.75 Å². The third-order valence-corrected chi connectivity index (χ3v) is 3.06. The average molecular weight is 263 g/mol. The lowest BCUT2D eigenvalue weighted by atomic mass is 10.1. The molecule has 0 bridgehead atoms. The first kappa shape index (κ1) is 12.1. The Labute approximate surface area is 109 Å². The minimum absolute atomic E-state index is 0.174. The second-order valence-corrected chi connectivity index (χ2v) is 4.48. The molecule has 1 unspecified atom stereocenters. The molecule has 0 saturated carbocycles. The summed E-state index contributed by atoms with van der Waals surface area (Å²) >= 11 is 0. The molecule has 19 heavy (non-hydrogen) atoms. The highest BCUT2D eigenvalue weighted by molar-refractivity contribution is 5.22. The first-order valence-corrected chi connectivity index (χ1v) is 6.23. The summed E-state index contributed by atoms with van der Waals surface area (Å²) in [6.07, 6.45) is 1.01. The van der Waals surface area contributed by atoms with Crippen LogP contribution < -0.4 is 10.1 Å². The van der Waals surface area contributed by atoms with Crippen LogP contribution in [0, 0.1) is 5.82 Å². The van der Waals surface area contributed by atoms with E-state index < -0.39 is 0 Å². The number of rotatable bonds is 4. The third-order valence-electron chi connectivity index (χ3n) is 3.06. The van der Waals surface area contributed by atoms with E-state index in [9.17, 15) is 4.39 Å². The Morgan fingerprint density at radius 2 is 2.42 bits per heavy atom. The molecular formula is C13H14FN3O2. The molecule has 1 saturated heterocycles. The van der Waals surface area contributed by atoms with Crippen molar-refractivity contribution < 1.29 is 13.7 Å². The lowest BCUT2D eigenvalue weighted by molar-refractivity contribution is 0.283. The Morgan fingerprint density at radius 3 is 3.21 bits per heavy atom. The van der Waals surface area contributed by atoms with E-state index in [1.807, 2.05) is 0 Å². The van der Waals surface area contributed by atoms with Crippen LogP contribution in [0.15, 0.2) is 28.8 Å². The van der Waals surface area contributed by atoms with Crippen molar-refractivity contribution in [1.29, 1.82) is 0 Å². The molecule has 1 N–H and O–H groups in total. The molecule has 0 aliphatic carbocycles. The molecule has 1 aliphatic rings. The number of halogens is 1. The lowest BCUT2D eigenvalue weighted by Gasteiger charge is -2.02. The van der Waals surface area contributed by atoms with Crippen LogP contribution in [0.2, 0.25) is 0 Å². The molecule has 2 heterocycles. The van der Waals surface area contributed by atoms with E-state index in [0.717, 1.165) is 19.5 Å². The summed E-state index contributed by atoms with van der Waals surface area (Å²) < 4.78 is 23.6. The zero-order valence-corrected chi connectivity index (χ0v) is 10.3. The maximum Gasteiger partial charge on any atom is 0.231 e. The van der Waals surface area contributed by atoms with Gasteiger partial charge in [0.1, 0.15) is 11.6 Å². The minimum Gasteiger partial charge on any atom is -0.485 e. The molecule has 100 valence electrons. The second-order valence-electron chi connectivity index (χ2n) is 4.48. The smallest absolute Gasteiger partial charge is 0.231 e. The summed E-state index contributed by atoms with van der Waals surface area (Å²) in [5.41, 5.74) is 0. The van der Waals surface area contributed by atoms with E-state index in [-0.39, 0.29) is 18.3 Å². The first-order chi connectivity index (χ1) is 9.31. The molecule has 0 spiro atoms. The molecule has 3 rings (SSSR count). The Kier molecular flexibility index (Phi) is 3.41. The van der Waals surface area contributed by atoms with Gasteiger partial charge in [-0.05, 0) is 25.1 Å². The maximum atomic E-state index is 13.0. The standard InChI is InChI=1S/C13H14FN3O2/c14-10-2-1-3-11(6-10)18-8-12-16-13(19-17-12)9-4-5-15-7-9/h1-3,6,9,15H,4-5,7-8H2. The first-order valence-electron chi connectivity index (χ1n) is 6.23. The molecule has 1 fully saturated rings. The molecular weight excluding hydrogens is 249 g/mol. The molecule has 1 aromatic heterocycles. The van der Waals surface area contributed by atoms with Gasteiger partial charge < -0.3 is 14.6 Å². The molecule has 1 aliphatic heterocycles. The van der Waals surface area contributed by atoms with Crippen LogP contribution in [0.3, 0.4) is 0 Å². The van der Waals surface area contributed by atoms with E-state index in [0.29, 0.717) is 17.5 Å². The summed E-state index contributed by atoms with van der Waals surface area (Å²) in [5, 5.41) is 7.11. The van der Waals surface area contributed by atoms with Crippen LogP contribution in [0.5, 0.6) is 5.75 Å². The number of nitrogens with zero attached hydrogens (tertiary/aromatic N) is 2. The molecule has 0 amide bonds. The summed E-state index contributed by atoms with van der Waals surface area (Å²) in [4.78, 5) is 4.29. The van der Waals surface area contributed by atoms with E-state index >= 15 is 0 Å². The lowest BCUT2D eigenvalue weighted by Crippen LogP contribution is -2.08. The van der Waals surface area contributed by atoms with E-state index in [1.165, 1.54) is 12.1 Å². The van der Waals surface area contributed by atoms with Crippen molar-refractivity contribution in [2.24, 2.45) is 0 Å². The van der Waals surface area contributed by atoms with Crippen LogP contribution in [0.4, 0.5) is 4.39 Å². The van der Waals surface area contributed by atoms with Gasteiger partial charge in [0.2, 0.25) is 11.7 Å². The van der Waals surface area contributed by atoms with Gasteiger partial charge in [0, 0.05) is 12.6 Å². The number of ether oxygens (including phenoxy) is 1. The van der Waals surface area contributed by atoms with Crippen molar-refractivity contribution in [3.05, 3.63) is 41.8 Å². The Bertz CT molecular complexity index is 552. The quantitative estimate of drug-likeness (QED) is 0.912.